The van der Waals surface area contributed by atoms with E-state index in [1.54, 1.807) is 0 Å². The van der Waals surface area contributed by atoms with Crippen molar-refractivity contribution in [1.29, 1.82) is 0 Å². The Hall–Kier alpha value is -0.0800. The van der Waals surface area contributed by atoms with Crippen molar-refractivity contribution in [1.82, 2.24) is 4.90 Å². The number of unbranched alkanes of at least 4 members (excludes halogenated alkanes) is 8. The molecule has 2 nitrogen and oxygen atoms in total. The lowest BCUT2D eigenvalue weighted by atomic mass is 10.1. The fraction of sp³-hybridized carbons (Fsp3) is 1.00. The Morgan fingerprint density at radius 2 is 1.25 bits per heavy atom. The summed E-state index contributed by atoms with van der Waals surface area (Å²) >= 11 is 0. The van der Waals surface area contributed by atoms with Crippen LogP contribution in [0.4, 0.5) is 0 Å². The maximum Gasteiger partial charge on any atom is 0.106 e. The Labute approximate surface area is 102 Å². The van der Waals surface area contributed by atoms with E-state index >= 15 is 0 Å². The third-order valence-electron chi connectivity index (χ3n) is 3.16. The molecule has 0 bridgehead atoms. The Bertz CT molecular complexity index is 137. The van der Waals surface area contributed by atoms with Gasteiger partial charge in [0, 0.05) is 0 Å². The zero-order valence-electron chi connectivity index (χ0n) is 11.5. The van der Waals surface area contributed by atoms with E-state index in [1.165, 1.54) is 51.4 Å². The number of rotatable bonds is 11. The van der Waals surface area contributed by atoms with Crippen molar-refractivity contribution in [3.8, 4) is 0 Å². The molecule has 2 heteroatoms. The van der Waals surface area contributed by atoms with Crippen LogP contribution in [0.3, 0.4) is 0 Å². The summed E-state index contributed by atoms with van der Waals surface area (Å²) in [6.45, 7) is 2.26. The van der Waals surface area contributed by atoms with Gasteiger partial charge in [0.2, 0.25) is 0 Å². The second-order valence-corrected chi connectivity index (χ2v) is 5.06. The lowest BCUT2D eigenvalue weighted by Crippen LogP contribution is -2.27. The van der Waals surface area contributed by atoms with Crippen LogP contribution < -0.4 is 0 Å². The molecule has 0 aromatic rings. The number of aliphatic hydroxyl groups excluding tert-OH is 1. The minimum atomic E-state index is -0.246. The second kappa shape index (κ2) is 11.4. The Kier molecular flexibility index (Phi) is 11.3. The van der Waals surface area contributed by atoms with Gasteiger partial charge >= 0.3 is 0 Å². The average molecular weight is 229 g/mol. The average Bonchev–Trinajstić information content (AvgIpc) is 2.26. The van der Waals surface area contributed by atoms with E-state index in [4.69, 9.17) is 0 Å². The van der Waals surface area contributed by atoms with Gasteiger partial charge in [-0.05, 0) is 26.9 Å². The van der Waals surface area contributed by atoms with Crippen LogP contribution in [0.5, 0.6) is 0 Å². The molecule has 0 saturated heterocycles. The molecule has 0 heterocycles. The standard InChI is InChI=1S/C14H31NO/c1-4-5-6-7-8-9-10-11-12-13-14(16)15(2)3/h14,16H,4-13H2,1-3H3. The molecule has 0 radical (unpaired) electrons. The molecule has 0 spiro atoms. The highest BCUT2D eigenvalue weighted by atomic mass is 16.3. The SMILES string of the molecule is CCCCCCCCCCCC(O)N(C)C. The molecule has 98 valence electrons. The first-order chi connectivity index (χ1) is 7.68. The van der Waals surface area contributed by atoms with Crippen LogP contribution in [0.25, 0.3) is 0 Å². The van der Waals surface area contributed by atoms with E-state index in [-0.39, 0.29) is 6.23 Å². The van der Waals surface area contributed by atoms with Crippen LogP contribution in [-0.2, 0) is 0 Å². The number of hydrogen-bond acceptors (Lipinski definition) is 2. The monoisotopic (exact) mass is 229 g/mol. The smallest absolute Gasteiger partial charge is 0.106 e. The molecule has 0 aliphatic carbocycles. The predicted octanol–water partition coefficient (Wildman–Crippen LogP) is 3.79. The topological polar surface area (TPSA) is 23.5 Å². The van der Waals surface area contributed by atoms with Crippen molar-refractivity contribution >= 4 is 0 Å². The van der Waals surface area contributed by atoms with Crippen molar-refractivity contribution in [2.45, 2.75) is 77.4 Å². The third-order valence-corrected chi connectivity index (χ3v) is 3.16. The molecule has 1 atom stereocenters. The van der Waals surface area contributed by atoms with Gasteiger partial charge in [0.15, 0.2) is 0 Å². The van der Waals surface area contributed by atoms with Gasteiger partial charge < -0.3 is 5.11 Å². The molecular formula is C14H31NO. The van der Waals surface area contributed by atoms with Crippen molar-refractivity contribution < 1.29 is 5.11 Å². The molecule has 1 unspecified atom stereocenters. The van der Waals surface area contributed by atoms with Gasteiger partial charge in [0.05, 0.1) is 0 Å². The summed E-state index contributed by atoms with van der Waals surface area (Å²) in [5.74, 6) is 0. The Balaban J connectivity index is 3.04. The van der Waals surface area contributed by atoms with Gasteiger partial charge in [-0.3, -0.25) is 4.90 Å². The lowest BCUT2D eigenvalue weighted by molar-refractivity contribution is 0.0313. The summed E-state index contributed by atoms with van der Waals surface area (Å²) in [6.07, 6.45) is 12.8. The molecular weight excluding hydrogens is 198 g/mol. The molecule has 0 aromatic carbocycles. The van der Waals surface area contributed by atoms with E-state index in [2.05, 4.69) is 6.92 Å². The summed E-state index contributed by atoms with van der Waals surface area (Å²) in [4.78, 5) is 1.88. The van der Waals surface area contributed by atoms with Gasteiger partial charge in [-0.1, -0.05) is 58.3 Å². The van der Waals surface area contributed by atoms with E-state index in [0.29, 0.717) is 0 Å². The summed E-state index contributed by atoms with van der Waals surface area (Å²) < 4.78 is 0. The van der Waals surface area contributed by atoms with Gasteiger partial charge in [-0.15, -0.1) is 0 Å². The maximum atomic E-state index is 9.55. The molecule has 16 heavy (non-hydrogen) atoms. The number of aliphatic hydroxyl groups is 1. The van der Waals surface area contributed by atoms with Crippen LogP contribution >= 0.6 is 0 Å². The van der Waals surface area contributed by atoms with Crippen molar-refractivity contribution in [3.63, 3.8) is 0 Å². The fourth-order valence-electron chi connectivity index (χ4n) is 1.90. The van der Waals surface area contributed by atoms with E-state index in [1.807, 2.05) is 19.0 Å². The summed E-state index contributed by atoms with van der Waals surface area (Å²) in [5.41, 5.74) is 0. The quantitative estimate of drug-likeness (QED) is 0.430. The van der Waals surface area contributed by atoms with E-state index in [9.17, 15) is 5.11 Å². The zero-order valence-corrected chi connectivity index (χ0v) is 11.5. The minimum absolute atomic E-state index is 0.246. The zero-order chi connectivity index (χ0) is 12.2. The predicted molar refractivity (Wildman–Crippen MR) is 71.5 cm³/mol. The third kappa shape index (κ3) is 10.4. The molecule has 0 aromatic heterocycles. The van der Waals surface area contributed by atoms with E-state index < -0.39 is 0 Å². The highest BCUT2D eigenvalue weighted by molar-refractivity contribution is 4.53. The Morgan fingerprint density at radius 1 is 0.812 bits per heavy atom. The highest BCUT2D eigenvalue weighted by Gasteiger charge is 2.04. The van der Waals surface area contributed by atoms with Gasteiger partial charge in [0.25, 0.3) is 0 Å². The molecule has 0 fully saturated rings. The van der Waals surface area contributed by atoms with Crippen LogP contribution in [0.15, 0.2) is 0 Å². The highest BCUT2D eigenvalue weighted by Crippen LogP contribution is 2.11. The maximum absolute atomic E-state index is 9.55. The summed E-state index contributed by atoms with van der Waals surface area (Å²) in [5, 5.41) is 9.55. The largest absolute Gasteiger partial charge is 0.378 e. The minimum Gasteiger partial charge on any atom is -0.378 e. The Morgan fingerprint density at radius 3 is 1.69 bits per heavy atom. The first-order valence-corrected chi connectivity index (χ1v) is 7.03. The van der Waals surface area contributed by atoms with Crippen molar-refractivity contribution in [3.05, 3.63) is 0 Å². The normalized spacial score (nSPS) is 13.3. The van der Waals surface area contributed by atoms with Gasteiger partial charge in [-0.25, -0.2) is 0 Å². The fourth-order valence-corrected chi connectivity index (χ4v) is 1.90. The molecule has 0 aliphatic heterocycles. The summed E-state index contributed by atoms with van der Waals surface area (Å²) in [7, 11) is 3.86. The molecule has 0 rings (SSSR count). The van der Waals surface area contributed by atoms with Crippen LogP contribution in [-0.4, -0.2) is 30.3 Å². The van der Waals surface area contributed by atoms with Crippen molar-refractivity contribution in [2.24, 2.45) is 0 Å². The van der Waals surface area contributed by atoms with Gasteiger partial charge in [0.1, 0.15) is 6.23 Å². The molecule has 0 saturated carbocycles. The van der Waals surface area contributed by atoms with Crippen LogP contribution in [0.1, 0.15) is 71.1 Å². The first-order valence-electron chi connectivity index (χ1n) is 7.03. The molecule has 1 N–H and O–H groups in total. The van der Waals surface area contributed by atoms with Crippen LogP contribution in [0.2, 0.25) is 0 Å². The van der Waals surface area contributed by atoms with Crippen LogP contribution in [0, 0.1) is 0 Å². The lowest BCUT2D eigenvalue weighted by Gasteiger charge is -2.17. The second-order valence-electron chi connectivity index (χ2n) is 5.06. The van der Waals surface area contributed by atoms with Gasteiger partial charge in [-0.2, -0.15) is 0 Å². The van der Waals surface area contributed by atoms with Crippen molar-refractivity contribution in [2.75, 3.05) is 14.1 Å². The van der Waals surface area contributed by atoms with E-state index in [0.717, 1.165) is 12.8 Å². The number of nitrogens with zero attached hydrogens (tertiary/aromatic N) is 1. The first kappa shape index (κ1) is 15.9. The summed E-state index contributed by atoms with van der Waals surface area (Å²) in [6, 6.07) is 0. The molecule has 0 aliphatic rings. The number of hydrogen-bond donors (Lipinski definition) is 1. The molecule has 0 amide bonds.